The Morgan fingerprint density at radius 1 is 1.23 bits per heavy atom. The normalized spacial score (nSPS) is 11.8. The summed E-state index contributed by atoms with van der Waals surface area (Å²) < 4.78 is 2.26. The van der Waals surface area contributed by atoms with Crippen LogP contribution in [0.2, 0.25) is 0 Å². The smallest absolute Gasteiger partial charge is 0.282 e. The molecule has 2 aromatic heterocycles. The molecular formula is C20H17BrN4O. The summed E-state index contributed by atoms with van der Waals surface area (Å²) >= 11 is 3.42. The van der Waals surface area contributed by atoms with Crippen LogP contribution in [-0.4, -0.2) is 20.9 Å². The number of H-pyrrole nitrogens is 1. The van der Waals surface area contributed by atoms with Crippen molar-refractivity contribution < 1.29 is 0 Å². The fraction of sp³-hybridized carbons (Fsp3) is 0.150. The third kappa shape index (κ3) is 2.97. The zero-order chi connectivity index (χ0) is 18.1. The van der Waals surface area contributed by atoms with E-state index in [0.717, 1.165) is 27.4 Å². The maximum atomic E-state index is 13.0. The van der Waals surface area contributed by atoms with Crippen molar-refractivity contribution in [3.63, 3.8) is 0 Å². The number of benzene rings is 2. The second-order valence-corrected chi connectivity index (χ2v) is 7.01. The van der Waals surface area contributed by atoms with Crippen molar-refractivity contribution in [2.24, 2.45) is 5.10 Å². The molecule has 4 aromatic rings. The van der Waals surface area contributed by atoms with Gasteiger partial charge in [0.2, 0.25) is 0 Å². The molecule has 0 aliphatic rings. The van der Waals surface area contributed by atoms with Crippen molar-refractivity contribution in [2.45, 2.75) is 19.8 Å². The Hall–Kier alpha value is -2.73. The van der Waals surface area contributed by atoms with Crippen molar-refractivity contribution in [3.8, 4) is 0 Å². The highest BCUT2D eigenvalue weighted by Crippen LogP contribution is 2.18. The summed E-state index contributed by atoms with van der Waals surface area (Å²) in [5, 5.41) is 6.10. The summed E-state index contributed by atoms with van der Waals surface area (Å²) in [6.45, 7) is 2.06. The molecule has 130 valence electrons. The lowest BCUT2D eigenvalue weighted by Gasteiger charge is -2.08. The molecule has 6 heteroatoms. The van der Waals surface area contributed by atoms with Crippen LogP contribution < -0.4 is 5.56 Å². The van der Waals surface area contributed by atoms with E-state index in [0.29, 0.717) is 23.1 Å². The number of halogens is 1. The van der Waals surface area contributed by atoms with E-state index in [1.807, 2.05) is 42.6 Å². The monoisotopic (exact) mass is 408 g/mol. The Balaban J connectivity index is 1.87. The number of aryl methyl sites for hydroxylation is 1. The van der Waals surface area contributed by atoms with E-state index < -0.39 is 0 Å². The number of hydrogen-bond donors (Lipinski definition) is 1. The predicted molar refractivity (Wildman–Crippen MR) is 109 cm³/mol. The Morgan fingerprint density at radius 2 is 2.08 bits per heavy atom. The highest BCUT2D eigenvalue weighted by molar-refractivity contribution is 9.10. The van der Waals surface area contributed by atoms with Gasteiger partial charge in [-0.2, -0.15) is 9.78 Å². The molecule has 0 aliphatic heterocycles. The lowest BCUT2D eigenvalue weighted by Crippen LogP contribution is -2.22. The maximum absolute atomic E-state index is 13.0. The molecule has 0 spiro atoms. The van der Waals surface area contributed by atoms with Crippen LogP contribution in [-0.2, 0) is 6.42 Å². The molecule has 0 aliphatic carbocycles. The minimum absolute atomic E-state index is 0.157. The molecule has 0 radical (unpaired) electrons. The van der Waals surface area contributed by atoms with E-state index in [1.165, 1.54) is 4.68 Å². The highest BCUT2D eigenvalue weighted by Gasteiger charge is 2.10. The molecule has 0 atom stereocenters. The van der Waals surface area contributed by atoms with Gasteiger partial charge in [0.25, 0.3) is 5.56 Å². The number of nitrogens with one attached hydrogen (secondary N) is 1. The largest absolute Gasteiger partial charge is 0.361 e. The van der Waals surface area contributed by atoms with Gasteiger partial charge >= 0.3 is 0 Å². The second-order valence-electron chi connectivity index (χ2n) is 6.09. The molecular weight excluding hydrogens is 392 g/mol. The van der Waals surface area contributed by atoms with E-state index in [2.05, 4.69) is 37.9 Å². The molecule has 0 saturated carbocycles. The quantitative estimate of drug-likeness (QED) is 0.506. The van der Waals surface area contributed by atoms with Gasteiger partial charge in [0.05, 0.1) is 17.1 Å². The second kappa shape index (κ2) is 6.88. The molecule has 4 rings (SSSR count). The van der Waals surface area contributed by atoms with Crippen LogP contribution in [0, 0.1) is 0 Å². The summed E-state index contributed by atoms with van der Waals surface area (Å²) in [5.74, 6) is 0.670. The van der Waals surface area contributed by atoms with Gasteiger partial charge in [-0.3, -0.25) is 4.79 Å². The van der Waals surface area contributed by atoms with E-state index in [4.69, 9.17) is 0 Å². The Labute approximate surface area is 158 Å². The van der Waals surface area contributed by atoms with Gasteiger partial charge < -0.3 is 4.98 Å². The van der Waals surface area contributed by atoms with E-state index >= 15 is 0 Å². The van der Waals surface area contributed by atoms with Crippen LogP contribution in [0.25, 0.3) is 21.8 Å². The molecule has 1 N–H and O–H groups in total. The van der Waals surface area contributed by atoms with Crippen LogP contribution in [0.5, 0.6) is 0 Å². The number of aromatic nitrogens is 3. The average Bonchev–Trinajstić information content (AvgIpc) is 3.06. The molecule has 0 unspecified atom stereocenters. The Kier molecular flexibility index (Phi) is 4.42. The molecule has 0 saturated heterocycles. The van der Waals surface area contributed by atoms with E-state index in [9.17, 15) is 4.79 Å². The first kappa shape index (κ1) is 16.7. The summed E-state index contributed by atoms with van der Waals surface area (Å²) in [6.07, 6.45) is 5.18. The van der Waals surface area contributed by atoms with Crippen molar-refractivity contribution in [2.75, 3.05) is 0 Å². The molecule has 0 bridgehead atoms. The zero-order valence-corrected chi connectivity index (χ0v) is 15.8. The SMILES string of the molecule is CCCc1nc2ccc(Br)cc2c(=O)n1N=Cc1c[nH]c2ccccc12. The maximum Gasteiger partial charge on any atom is 0.282 e. The topological polar surface area (TPSA) is 63.0 Å². The number of rotatable bonds is 4. The number of para-hydroxylation sites is 1. The molecule has 5 nitrogen and oxygen atoms in total. The number of aromatic amines is 1. The molecule has 0 fully saturated rings. The van der Waals surface area contributed by atoms with Gasteiger partial charge in [0.15, 0.2) is 0 Å². The van der Waals surface area contributed by atoms with E-state index in [1.54, 1.807) is 12.3 Å². The fourth-order valence-corrected chi connectivity index (χ4v) is 3.38. The van der Waals surface area contributed by atoms with Crippen molar-refractivity contribution >= 4 is 44.0 Å². The number of fused-ring (bicyclic) bond motifs is 2. The fourth-order valence-electron chi connectivity index (χ4n) is 3.02. The van der Waals surface area contributed by atoms with Crippen LogP contribution in [0.15, 0.2) is 63.0 Å². The van der Waals surface area contributed by atoms with Gasteiger partial charge in [-0.25, -0.2) is 4.98 Å². The molecule has 2 aromatic carbocycles. The van der Waals surface area contributed by atoms with Crippen molar-refractivity contribution in [1.82, 2.24) is 14.6 Å². The lowest BCUT2D eigenvalue weighted by atomic mass is 10.2. The summed E-state index contributed by atoms with van der Waals surface area (Å²) in [6, 6.07) is 13.5. The highest BCUT2D eigenvalue weighted by atomic mass is 79.9. The van der Waals surface area contributed by atoms with Gasteiger partial charge in [0.1, 0.15) is 5.82 Å². The summed E-state index contributed by atoms with van der Waals surface area (Å²) in [4.78, 5) is 20.8. The summed E-state index contributed by atoms with van der Waals surface area (Å²) in [5.41, 5.74) is 2.51. The zero-order valence-electron chi connectivity index (χ0n) is 14.2. The third-order valence-corrected chi connectivity index (χ3v) is 4.78. The van der Waals surface area contributed by atoms with Gasteiger partial charge in [0, 0.05) is 33.6 Å². The summed E-state index contributed by atoms with van der Waals surface area (Å²) in [7, 11) is 0. The van der Waals surface area contributed by atoms with Crippen molar-refractivity contribution in [3.05, 3.63) is 74.9 Å². The minimum atomic E-state index is -0.157. The van der Waals surface area contributed by atoms with Crippen LogP contribution in [0.4, 0.5) is 0 Å². The first-order valence-corrected chi connectivity index (χ1v) is 9.28. The average molecular weight is 409 g/mol. The van der Waals surface area contributed by atoms with Crippen LogP contribution in [0.3, 0.4) is 0 Å². The molecule has 2 heterocycles. The van der Waals surface area contributed by atoms with Gasteiger partial charge in [-0.05, 0) is 30.7 Å². The Morgan fingerprint density at radius 3 is 2.92 bits per heavy atom. The van der Waals surface area contributed by atoms with E-state index in [-0.39, 0.29) is 5.56 Å². The lowest BCUT2D eigenvalue weighted by molar-refractivity contribution is 0.704. The number of nitrogens with zero attached hydrogens (tertiary/aromatic N) is 3. The Bertz CT molecular complexity index is 1190. The number of hydrogen-bond acceptors (Lipinski definition) is 3. The molecule has 0 amide bonds. The van der Waals surface area contributed by atoms with Crippen LogP contribution in [0.1, 0.15) is 24.7 Å². The van der Waals surface area contributed by atoms with Crippen molar-refractivity contribution in [1.29, 1.82) is 0 Å². The standard InChI is InChI=1S/C20H17BrN4O/c1-2-5-19-24-18-9-8-14(21)10-16(18)20(26)25(19)23-12-13-11-22-17-7-4-3-6-15(13)17/h3-4,6-12,22H,2,5H2,1H3. The van der Waals surface area contributed by atoms with Gasteiger partial charge in [-0.1, -0.05) is 41.1 Å². The molecule has 26 heavy (non-hydrogen) atoms. The first-order chi connectivity index (χ1) is 12.7. The van der Waals surface area contributed by atoms with Gasteiger partial charge in [-0.15, -0.1) is 0 Å². The predicted octanol–water partition coefficient (Wildman–Crippen LogP) is 4.48. The minimum Gasteiger partial charge on any atom is -0.361 e. The van der Waals surface area contributed by atoms with Crippen LogP contribution >= 0.6 is 15.9 Å². The third-order valence-electron chi connectivity index (χ3n) is 4.28. The first-order valence-electron chi connectivity index (χ1n) is 8.49.